The Morgan fingerprint density at radius 2 is 1.03 bits per heavy atom. The maximum Gasteiger partial charge on any atom is 0.303 e. The summed E-state index contributed by atoms with van der Waals surface area (Å²) in [4.78, 5) is 90.5. The lowest BCUT2D eigenvalue weighted by molar-refractivity contribution is -0.417. The van der Waals surface area contributed by atoms with Crippen LogP contribution in [0, 0.1) is 56.2 Å². The van der Waals surface area contributed by atoms with Crippen LogP contribution in [0.4, 0.5) is 0 Å². The number of carbonyl (C=O) groups is 7. The van der Waals surface area contributed by atoms with Crippen LogP contribution in [0.2, 0.25) is 0 Å². The third-order valence-corrected chi connectivity index (χ3v) is 23.4. The Hall–Kier alpha value is -4.81. The molecule has 0 aromatic heterocycles. The summed E-state index contributed by atoms with van der Waals surface area (Å²) in [7, 11) is 0. The second-order valence-corrected chi connectivity index (χ2v) is 29.6. The third kappa shape index (κ3) is 13.2. The van der Waals surface area contributed by atoms with Gasteiger partial charge in [0.15, 0.2) is 61.8 Å². The molecule has 0 N–H and O–H groups in total. The fourth-order valence-corrected chi connectivity index (χ4v) is 18.9. The van der Waals surface area contributed by atoms with E-state index >= 15 is 0 Å². The molecule has 0 bridgehead atoms. The van der Waals surface area contributed by atoms with Gasteiger partial charge in [-0.3, -0.25) is 33.6 Å². The van der Waals surface area contributed by atoms with Gasteiger partial charge in [-0.25, -0.2) is 0 Å². The van der Waals surface area contributed by atoms with Crippen LogP contribution >= 0.6 is 0 Å². The topological polar surface area (TPSA) is 258 Å². The van der Waals surface area contributed by atoms with E-state index in [9.17, 15) is 33.6 Å². The van der Waals surface area contributed by atoms with Crippen LogP contribution in [0.1, 0.15) is 186 Å². The monoisotopic (exact) mass is 1270 g/mol. The Bertz CT molecular complexity index is 2810. The molecule has 22 heteroatoms. The average Bonchev–Trinajstić information content (AvgIpc) is 0.676. The summed E-state index contributed by atoms with van der Waals surface area (Å²) in [6.45, 7) is 27.2. The van der Waals surface area contributed by atoms with Crippen molar-refractivity contribution >= 4 is 41.8 Å². The zero-order chi connectivity index (χ0) is 65.2. The number of hydrogen-bond acceptors (Lipinski definition) is 22. The minimum Gasteiger partial charge on any atom is -0.463 e. The number of hydrogen-bond donors (Lipinski definition) is 0. The second kappa shape index (κ2) is 26.2. The molecular formula is C68H98O22. The van der Waals surface area contributed by atoms with E-state index in [0.717, 1.165) is 60.3 Å². The molecule has 9 fully saturated rings. The molecule has 4 heterocycles. The fraction of sp³-hybridized carbons (Fsp3) is 0.809. The summed E-state index contributed by atoms with van der Waals surface area (Å²) in [5, 5.41) is 0. The first-order valence-electron chi connectivity index (χ1n) is 32.7. The van der Waals surface area contributed by atoms with Gasteiger partial charge in [0.1, 0.15) is 37.1 Å². The maximum absolute atomic E-state index is 13.3. The summed E-state index contributed by atoms with van der Waals surface area (Å²) in [5.41, 5.74) is 1.52. The highest BCUT2D eigenvalue weighted by Crippen LogP contribution is 2.78. The molecule has 90 heavy (non-hydrogen) atoms. The smallest absolute Gasteiger partial charge is 0.303 e. The van der Waals surface area contributed by atoms with Gasteiger partial charge in [0.2, 0.25) is 0 Å². The van der Waals surface area contributed by atoms with Crippen LogP contribution in [0.25, 0.3) is 0 Å². The van der Waals surface area contributed by atoms with Crippen LogP contribution in [-0.4, -0.2) is 154 Å². The SMILES string of the molecule is CC(=O)OC[C@H]1O[C@@H](O[C@H]2[C@H](O[C@H]3CC[C@@H]4[C@](C)(CC[C@H]5[C@@]4(C)CC[C@@]4(C)[C@@H]6CC(C)(C)CC[C@]6(C)CC[C@]54C)[C@H]3C)O[C@@H]3CO[C@@H](c4ccccc4)O[C@H]3[C@@H]2O[C@@H]2OC[C@@H](OC(C)=O)[C@H](OC(C)=O)[C@H]2OC(C)=O)[C@H](OC(C)=O)[C@@H](OC(C)=O)[C@H]1OC(C)=O. The lowest BCUT2D eigenvalue weighted by Crippen LogP contribution is -2.69. The molecule has 22 nitrogen and oxygen atoms in total. The van der Waals surface area contributed by atoms with E-state index in [0.29, 0.717) is 40.6 Å². The van der Waals surface area contributed by atoms with E-state index < -0.39 is 153 Å². The van der Waals surface area contributed by atoms with Crippen LogP contribution < -0.4 is 0 Å². The molecule has 0 radical (unpaired) electrons. The molecule has 4 aliphatic heterocycles. The maximum atomic E-state index is 13.3. The molecule has 0 unspecified atom stereocenters. The highest BCUT2D eigenvalue weighted by atomic mass is 16.8. The predicted molar refractivity (Wildman–Crippen MR) is 316 cm³/mol. The molecule has 25 atom stereocenters. The van der Waals surface area contributed by atoms with Gasteiger partial charge in [0.25, 0.3) is 0 Å². The van der Waals surface area contributed by atoms with Crippen LogP contribution in [0.5, 0.6) is 0 Å². The van der Waals surface area contributed by atoms with Crippen molar-refractivity contribution in [2.75, 3.05) is 19.8 Å². The van der Waals surface area contributed by atoms with Gasteiger partial charge >= 0.3 is 41.8 Å². The van der Waals surface area contributed by atoms with Crippen molar-refractivity contribution in [2.24, 2.45) is 56.2 Å². The molecule has 9 aliphatic rings. The molecular weight excluding hydrogens is 1170 g/mol. The summed E-state index contributed by atoms with van der Waals surface area (Å²) >= 11 is 0. The van der Waals surface area contributed by atoms with Gasteiger partial charge in [-0.2, -0.15) is 0 Å². The zero-order valence-corrected chi connectivity index (χ0v) is 55.3. The Balaban J connectivity index is 1.05. The van der Waals surface area contributed by atoms with Crippen molar-refractivity contribution < 1.29 is 105 Å². The third-order valence-electron chi connectivity index (χ3n) is 23.4. The first kappa shape index (κ1) is 68.1. The summed E-state index contributed by atoms with van der Waals surface area (Å²) in [6, 6.07) is 9.14. The van der Waals surface area contributed by atoms with Gasteiger partial charge in [-0.15, -0.1) is 0 Å². The zero-order valence-electron chi connectivity index (χ0n) is 55.3. The quantitative estimate of drug-likeness (QED) is 0.0900. The molecule has 0 amide bonds. The Morgan fingerprint density at radius 1 is 0.467 bits per heavy atom. The summed E-state index contributed by atoms with van der Waals surface area (Å²) in [5.74, 6) is -4.13. The molecule has 5 aliphatic carbocycles. The average molecular weight is 1270 g/mol. The van der Waals surface area contributed by atoms with Gasteiger partial charge in [0, 0.05) is 54.0 Å². The van der Waals surface area contributed by atoms with Gasteiger partial charge in [0.05, 0.1) is 19.3 Å². The Labute approximate surface area is 529 Å². The van der Waals surface area contributed by atoms with Crippen molar-refractivity contribution in [3.8, 4) is 0 Å². The number of rotatable bonds is 15. The normalized spacial score (nSPS) is 44.4. The van der Waals surface area contributed by atoms with Crippen molar-refractivity contribution in [3.05, 3.63) is 35.9 Å². The number of carbonyl (C=O) groups excluding carboxylic acids is 7. The van der Waals surface area contributed by atoms with Gasteiger partial charge in [-0.1, -0.05) is 85.7 Å². The van der Waals surface area contributed by atoms with Crippen molar-refractivity contribution in [1.29, 1.82) is 0 Å². The Kier molecular flexibility index (Phi) is 19.8. The first-order valence-corrected chi connectivity index (χ1v) is 32.7. The molecule has 0 spiro atoms. The van der Waals surface area contributed by atoms with Crippen molar-refractivity contribution in [3.63, 3.8) is 0 Å². The van der Waals surface area contributed by atoms with Gasteiger partial charge in [-0.05, 0) is 127 Å². The number of fused-ring (bicyclic) bond motifs is 8. The van der Waals surface area contributed by atoms with E-state index in [1.54, 1.807) is 0 Å². The van der Waals surface area contributed by atoms with Crippen LogP contribution in [0.15, 0.2) is 30.3 Å². The number of ether oxygens (including phenoxy) is 15. The number of esters is 7. The molecule has 1 aromatic carbocycles. The highest BCUT2D eigenvalue weighted by Gasteiger charge is 2.71. The lowest BCUT2D eigenvalue weighted by atomic mass is 9.30. The van der Waals surface area contributed by atoms with E-state index in [1.807, 2.05) is 30.3 Å². The molecule has 502 valence electrons. The largest absolute Gasteiger partial charge is 0.463 e. The predicted octanol–water partition coefficient (Wildman–Crippen LogP) is 9.12. The van der Waals surface area contributed by atoms with E-state index in [1.165, 1.54) is 52.4 Å². The minimum atomic E-state index is -1.80. The minimum absolute atomic E-state index is 0.0513. The first-order chi connectivity index (χ1) is 42.3. The van der Waals surface area contributed by atoms with Crippen LogP contribution in [-0.2, 0) is 105 Å². The molecule has 1 aromatic rings. The van der Waals surface area contributed by atoms with Crippen molar-refractivity contribution in [1.82, 2.24) is 0 Å². The van der Waals surface area contributed by atoms with Crippen molar-refractivity contribution in [2.45, 2.75) is 273 Å². The van der Waals surface area contributed by atoms with E-state index in [-0.39, 0.29) is 34.2 Å². The molecule has 10 rings (SSSR count). The summed E-state index contributed by atoms with van der Waals surface area (Å²) in [6.07, 6.45) is -9.89. The van der Waals surface area contributed by atoms with Gasteiger partial charge < -0.3 is 71.1 Å². The second-order valence-electron chi connectivity index (χ2n) is 29.6. The number of benzene rings is 1. The Morgan fingerprint density at radius 3 is 1.68 bits per heavy atom. The highest BCUT2D eigenvalue weighted by molar-refractivity contribution is 5.69. The lowest BCUT2D eigenvalue weighted by Gasteiger charge is -2.75. The molecule has 4 saturated heterocycles. The molecule has 5 saturated carbocycles. The van der Waals surface area contributed by atoms with Crippen LogP contribution in [0.3, 0.4) is 0 Å². The fourth-order valence-electron chi connectivity index (χ4n) is 18.9. The standard InChI is InChI=1S/C68H98O22/c1-35-44(21-22-48-65(35,12)24-23-49-66(48,13)28-30-68(15)50-31-63(9,10)25-26-64(50,11)27-29-67(49,68)14)85-61-58(90-62-57(84-42(8)75)54(82-40(6)73)51(80-38(4)71)46(87-62)32-76-36(2)69)55(52-47(86-61)34-77-59(88-52)43-19-17-16-18-20-43)89-60-56(83-41(7)74)53(81-39(5)72)45(33-78-60)79-37(3)70/h16-20,35,44-62H,21-34H2,1-15H3/t35-,44-,45+,46+,47+,48+,49-,50+,51-,52+,53-,54-,55-,56+,57+,58+,59+,60-,61+,62-,64+,65+,66-,67+,68-/m0/s1. The van der Waals surface area contributed by atoms with E-state index in [4.69, 9.17) is 71.1 Å². The summed E-state index contributed by atoms with van der Waals surface area (Å²) < 4.78 is 95.7. The van der Waals surface area contributed by atoms with E-state index in [2.05, 4.69) is 55.4 Å².